The van der Waals surface area contributed by atoms with Crippen LogP contribution in [0.2, 0.25) is 0 Å². The van der Waals surface area contributed by atoms with Crippen LogP contribution in [0.5, 0.6) is 11.5 Å². The van der Waals surface area contributed by atoms with E-state index < -0.39 is 12.3 Å². The Morgan fingerprint density at radius 3 is 2.56 bits per heavy atom. The lowest BCUT2D eigenvalue weighted by atomic mass is 10.1. The molecule has 1 aliphatic heterocycles. The third kappa shape index (κ3) is 5.62. The summed E-state index contributed by atoms with van der Waals surface area (Å²) in [5.41, 5.74) is 0.662. The first-order chi connectivity index (χ1) is 12.9. The minimum atomic E-state index is -4.76. The van der Waals surface area contributed by atoms with Crippen molar-refractivity contribution in [2.45, 2.75) is 25.3 Å². The van der Waals surface area contributed by atoms with Gasteiger partial charge in [-0.1, -0.05) is 12.1 Å². The van der Waals surface area contributed by atoms with Gasteiger partial charge in [-0.25, -0.2) is 0 Å². The summed E-state index contributed by atoms with van der Waals surface area (Å²) >= 11 is 0. The fourth-order valence-electron chi connectivity index (χ4n) is 2.68. The predicted molar refractivity (Wildman–Crippen MR) is 92.0 cm³/mol. The van der Waals surface area contributed by atoms with Gasteiger partial charge in [0.25, 0.3) is 5.91 Å². The Balaban J connectivity index is 1.63. The molecule has 0 unspecified atom stereocenters. The summed E-state index contributed by atoms with van der Waals surface area (Å²) < 4.78 is 51.6. The van der Waals surface area contributed by atoms with Crippen LogP contribution in [0.4, 0.5) is 18.9 Å². The van der Waals surface area contributed by atoms with Gasteiger partial charge in [-0.2, -0.15) is 0 Å². The zero-order valence-corrected chi connectivity index (χ0v) is 14.3. The Kier molecular flexibility index (Phi) is 5.85. The van der Waals surface area contributed by atoms with E-state index in [0.29, 0.717) is 30.2 Å². The molecule has 0 aliphatic carbocycles. The maximum Gasteiger partial charge on any atom is 0.573 e. The molecule has 0 bridgehead atoms. The van der Waals surface area contributed by atoms with Crippen molar-refractivity contribution < 1.29 is 32.2 Å². The highest BCUT2D eigenvalue weighted by molar-refractivity contribution is 6.06. The minimum absolute atomic E-state index is 0.0160. The molecule has 1 N–H and O–H groups in total. The maximum atomic E-state index is 12.5. The molecule has 1 heterocycles. The van der Waals surface area contributed by atoms with Crippen molar-refractivity contribution in [3.63, 3.8) is 0 Å². The van der Waals surface area contributed by atoms with Crippen molar-refractivity contribution in [1.82, 2.24) is 0 Å². The molecule has 3 rings (SSSR count). The zero-order valence-electron chi connectivity index (χ0n) is 14.3. The predicted octanol–water partition coefficient (Wildman–Crippen LogP) is 4.40. The highest BCUT2D eigenvalue weighted by Gasteiger charge is 2.31. The second-order valence-corrected chi connectivity index (χ2v) is 5.97. The van der Waals surface area contributed by atoms with Crippen LogP contribution in [0.25, 0.3) is 0 Å². The Hall–Kier alpha value is -2.74. The molecule has 0 radical (unpaired) electrons. The van der Waals surface area contributed by atoms with E-state index in [1.165, 1.54) is 12.1 Å². The number of halogens is 3. The number of hydrogen-bond donors (Lipinski definition) is 1. The topological polar surface area (TPSA) is 56.8 Å². The summed E-state index contributed by atoms with van der Waals surface area (Å²) in [6.45, 7) is 1.07. The standard InChI is InChI=1S/C19H18F3NO4/c20-19(21,22)27-14-9-7-13(8-10-14)23-18(24)16-5-1-2-6-17(16)26-12-15-4-3-11-25-15/h1-2,5-10,15H,3-4,11-12H2,(H,23,24)/t15-/m0/s1. The number of carbonyl (C=O) groups excluding carboxylic acids is 1. The number of carbonyl (C=O) groups is 1. The third-order valence-corrected chi connectivity index (χ3v) is 3.93. The number of ether oxygens (including phenoxy) is 3. The molecule has 0 aromatic heterocycles. The molecule has 0 saturated carbocycles. The highest BCUT2D eigenvalue weighted by Crippen LogP contribution is 2.25. The Morgan fingerprint density at radius 1 is 1.15 bits per heavy atom. The normalized spacial score (nSPS) is 16.8. The quantitative estimate of drug-likeness (QED) is 0.806. The molecule has 2 aromatic carbocycles. The van der Waals surface area contributed by atoms with Gasteiger partial charge in [-0.15, -0.1) is 13.2 Å². The van der Waals surface area contributed by atoms with Gasteiger partial charge in [0.2, 0.25) is 0 Å². The lowest BCUT2D eigenvalue weighted by Gasteiger charge is -2.15. The van der Waals surface area contributed by atoms with E-state index in [0.717, 1.165) is 25.0 Å². The van der Waals surface area contributed by atoms with Gasteiger partial charge in [0.05, 0.1) is 11.7 Å². The van der Waals surface area contributed by atoms with Crippen molar-refractivity contribution in [3.05, 3.63) is 54.1 Å². The summed E-state index contributed by atoms with van der Waals surface area (Å²) in [5.74, 6) is -0.370. The molecular formula is C19H18F3NO4. The van der Waals surface area contributed by atoms with E-state index >= 15 is 0 Å². The summed E-state index contributed by atoms with van der Waals surface area (Å²) in [6.07, 6.45) is -2.84. The number of rotatable bonds is 6. The van der Waals surface area contributed by atoms with Gasteiger partial charge in [0.15, 0.2) is 0 Å². The number of benzene rings is 2. The number of anilines is 1. The van der Waals surface area contributed by atoms with Gasteiger partial charge in [-0.05, 0) is 49.2 Å². The molecule has 2 aromatic rings. The SMILES string of the molecule is O=C(Nc1ccc(OC(F)(F)F)cc1)c1ccccc1OC[C@@H]1CCCO1. The van der Waals surface area contributed by atoms with Crippen molar-refractivity contribution >= 4 is 11.6 Å². The number of nitrogens with one attached hydrogen (secondary N) is 1. The second-order valence-electron chi connectivity index (χ2n) is 5.97. The maximum absolute atomic E-state index is 12.5. The van der Waals surface area contributed by atoms with E-state index in [4.69, 9.17) is 9.47 Å². The summed E-state index contributed by atoms with van der Waals surface area (Å²) in [6, 6.07) is 11.7. The Morgan fingerprint density at radius 2 is 1.89 bits per heavy atom. The van der Waals surface area contributed by atoms with Crippen molar-refractivity contribution in [2.24, 2.45) is 0 Å². The van der Waals surface area contributed by atoms with Crippen LogP contribution in [0, 0.1) is 0 Å². The lowest BCUT2D eigenvalue weighted by Crippen LogP contribution is -2.19. The summed E-state index contributed by atoms with van der Waals surface area (Å²) in [5, 5.41) is 2.63. The molecule has 1 atom stereocenters. The molecule has 1 fully saturated rings. The summed E-state index contributed by atoms with van der Waals surface area (Å²) in [4.78, 5) is 12.5. The van der Waals surface area contributed by atoms with Crippen LogP contribution in [0.15, 0.2) is 48.5 Å². The molecule has 5 nitrogen and oxygen atoms in total. The first-order valence-corrected chi connectivity index (χ1v) is 8.41. The van der Waals surface area contributed by atoms with Crippen molar-refractivity contribution in [2.75, 3.05) is 18.5 Å². The average Bonchev–Trinajstić information content (AvgIpc) is 3.14. The highest BCUT2D eigenvalue weighted by atomic mass is 19.4. The van der Waals surface area contributed by atoms with E-state index in [1.807, 2.05) is 0 Å². The fourth-order valence-corrected chi connectivity index (χ4v) is 2.68. The molecular weight excluding hydrogens is 363 g/mol. The molecule has 1 amide bonds. The van der Waals surface area contributed by atoms with Crippen LogP contribution in [-0.2, 0) is 4.74 Å². The molecule has 1 aliphatic rings. The zero-order chi connectivity index (χ0) is 19.3. The fraction of sp³-hybridized carbons (Fsp3) is 0.316. The molecule has 1 saturated heterocycles. The van der Waals surface area contributed by atoms with Crippen LogP contribution < -0.4 is 14.8 Å². The number of para-hydroxylation sites is 1. The molecule has 0 spiro atoms. The number of alkyl halides is 3. The third-order valence-electron chi connectivity index (χ3n) is 3.93. The van der Waals surface area contributed by atoms with Crippen LogP contribution in [0.1, 0.15) is 23.2 Å². The largest absolute Gasteiger partial charge is 0.573 e. The number of amides is 1. The van der Waals surface area contributed by atoms with Crippen LogP contribution in [0.3, 0.4) is 0 Å². The van der Waals surface area contributed by atoms with Gasteiger partial charge < -0.3 is 19.5 Å². The minimum Gasteiger partial charge on any atom is -0.490 e. The number of hydrogen-bond acceptors (Lipinski definition) is 4. The van der Waals surface area contributed by atoms with E-state index in [9.17, 15) is 18.0 Å². The van der Waals surface area contributed by atoms with Crippen LogP contribution >= 0.6 is 0 Å². The second kappa shape index (κ2) is 8.30. The van der Waals surface area contributed by atoms with E-state index in [-0.39, 0.29) is 11.9 Å². The monoisotopic (exact) mass is 381 g/mol. The van der Waals surface area contributed by atoms with E-state index in [2.05, 4.69) is 10.1 Å². The molecule has 144 valence electrons. The molecule has 8 heteroatoms. The van der Waals surface area contributed by atoms with Gasteiger partial charge >= 0.3 is 6.36 Å². The van der Waals surface area contributed by atoms with Crippen LogP contribution in [-0.4, -0.2) is 31.6 Å². The Bertz CT molecular complexity index is 771. The lowest BCUT2D eigenvalue weighted by molar-refractivity contribution is -0.274. The smallest absolute Gasteiger partial charge is 0.490 e. The summed E-state index contributed by atoms with van der Waals surface area (Å²) in [7, 11) is 0. The van der Waals surface area contributed by atoms with Crippen molar-refractivity contribution in [3.8, 4) is 11.5 Å². The first kappa shape index (κ1) is 19.0. The first-order valence-electron chi connectivity index (χ1n) is 8.41. The van der Waals surface area contributed by atoms with Gasteiger partial charge in [0, 0.05) is 12.3 Å². The van der Waals surface area contributed by atoms with Crippen molar-refractivity contribution in [1.29, 1.82) is 0 Å². The van der Waals surface area contributed by atoms with Gasteiger partial charge in [-0.3, -0.25) is 4.79 Å². The average molecular weight is 381 g/mol. The van der Waals surface area contributed by atoms with E-state index in [1.54, 1.807) is 24.3 Å². The Labute approximate surface area is 154 Å². The molecule has 27 heavy (non-hydrogen) atoms. The van der Waals surface area contributed by atoms with Gasteiger partial charge in [0.1, 0.15) is 18.1 Å².